The van der Waals surface area contributed by atoms with E-state index < -0.39 is 6.04 Å². The number of carbonyl (C=O) groups excluding carboxylic acids is 2. The van der Waals surface area contributed by atoms with Crippen molar-refractivity contribution in [3.05, 3.63) is 101 Å². The largest absolute Gasteiger partial charge is 0.324 e. The Balaban J connectivity index is 1.88. The molecule has 1 unspecified atom stereocenters. The van der Waals surface area contributed by atoms with Crippen molar-refractivity contribution in [1.29, 1.82) is 0 Å². The predicted octanol–water partition coefficient (Wildman–Crippen LogP) is 5.13. The van der Waals surface area contributed by atoms with Gasteiger partial charge in [0.25, 0.3) is 0 Å². The number of benzene rings is 3. The number of amides is 1. The molecule has 0 bridgehead atoms. The summed E-state index contributed by atoms with van der Waals surface area (Å²) < 4.78 is 0. The fraction of sp³-hybridized carbons (Fsp3) is 0.259. The minimum atomic E-state index is -0.497. The molecular weight excluding hydrogens is 434 g/mol. The summed E-state index contributed by atoms with van der Waals surface area (Å²) in [7, 11) is 6.02. The quantitative estimate of drug-likeness (QED) is 0.423. The molecule has 0 aromatic heterocycles. The lowest BCUT2D eigenvalue weighted by molar-refractivity contribution is -0.121. The fourth-order valence-electron chi connectivity index (χ4n) is 3.77. The van der Waals surface area contributed by atoms with Gasteiger partial charge in [0.2, 0.25) is 5.91 Å². The maximum atomic E-state index is 13.5. The van der Waals surface area contributed by atoms with E-state index in [-0.39, 0.29) is 11.7 Å². The molecule has 1 atom stereocenters. The van der Waals surface area contributed by atoms with E-state index in [1.165, 1.54) is 0 Å². The van der Waals surface area contributed by atoms with Crippen LogP contribution in [0.3, 0.4) is 0 Å². The third kappa shape index (κ3) is 6.75. The fourth-order valence-corrected chi connectivity index (χ4v) is 3.94. The van der Waals surface area contributed by atoms with Gasteiger partial charge in [0.05, 0.1) is 5.69 Å². The van der Waals surface area contributed by atoms with Crippen molar-refractivity contribution in [1.82, 2.24) is 9.80 Å². The summed E-state index contributed by atoms with van der Waals surface area (Å²) in [6.07, 6.45) is 0.929. The summed E-state index contributed by atoms with van der Waals surface area (Å²) in [5, 5.41) is 3.43. The zero-order valence-corrected chi connectivity index (χ0v) is 20.0. The van der Waals surface area contributed by atoms with Crippen LogP contribution in [0, 0.1) is 0 Å². The van der Waals surface area contributed by atoms with Gasteiger partial charge in [0, 0.05) is 22.7 Å². The molecule has 1 amide bonds. The first-order valence-corrected chi connectivity index (χ1v) is 11.3. The second kappa shape index (κ2) is 11.8. The first kappa shape index (κ1) is 24.6. The van der Waals surface area contributed by atoms with Crippen molar-refractivity contribution in [2.45, 2.75) is 12.5 Å². The van der Waals surface area contributed by atoms with E-state index in [1.807, 2.05) is 74.6 Å². The number of hydrogen-bond acceptors (Lipinski definition) is 4. The molecular formula is C27H30ClN3O2. The molecule has 5 nitrogen and oxygen atoms in total. The van der Waals surface area contributed by atoms with Crippen LogP contribution in [0.15, 0.2) is 78.9 Å². The third-order valence-electron chi connectivity index (χ3n) is 5.44. The zero-order valence-electron chi connectivity index (χ0n) is 19.3. The predicted molar refractivity (Wildman–Crippen MR) is 135 cm³/mol. The molecule has 3 rings (SSSR count). The Labute approximate surface area is 201 Å². The number of nitrogens with one attached hydrogen (secondary N) is 1. The van der Waals surface area contributed by atoms with Crippen LogP contribution in [0.1, 0.15) is 33.9 Å². The van der Waals surface area contributed by atoms with Crippen molar-refractivity contribution >= 4 is 29.0 Å². The molecule has 6 heteroatoms. The van der Waals surface area contributed by atoms with E-state index in [0.717, 1.165) is 25.1 Å². The Kier molecular flexibility index (Phi) is 8.78. The molecule has 0 saturated carbocycles. The molecule has 0 radical (unpaired) electrons. The molecule has 0 spiro atoms. The minimum Gasteiger partial charge on any atom is -0.324 e. The van der Waals surface area contributed by atoms with Crippen LogP contribution in [0.2, 0.25) is 5.02 Å². The second-order valence-electron chi connectivity index (χ2n) is 8.32. The lowest BCUT2D eigenvalue weighted by Gasteiger charge is -2.28. The van der Waals surface area contributed by atoms with Crippen LogP contribution in [0.4, 0.5) is 5.69 Å². The van der Waals surface area contributed by atoms with E-state index in [0.29, 0.717) is 21.8 Å². The van der Waals surface area contributed by atoms with E-state index in [9.17, 15) is 9.59 Å². The molecule has 0 fully saturated rings. The molecule has 3 aromatic carbocycles. The van der Waals surface area contributed by atoms with E-state index in [1.54, 1.807) is 30.3 Å². The van der Waals surface area contributed by atoms with Gasteiger partial charge in [-0.2, -0.15) is 0 Å². The zero-order chi connectivity index (χ0) is 23.8. The normalized spacial score (nSPS) is 12.1. The molecule has 0 saturated heterocycles. The van der Waals surface area contributed by atoms with Gasteiger partial charge in [0.1, 0.15) is 6.04 Å². The highest BCUT2D eigenvalue weighted by Gasteiger charge is 2.26. The van der Waals surface area contributed by atoms with Crippen molar-refractivity contribution in [2.24, 2.45) is 0 Å². The molecule has 33 heavy (non-hydrogen) atoms. The molecule has 0 aliphatic rings. The lowest BCUT2D eigenvalue weighted by Crippen LogP contribution is -2.36. The first-order chi connectivity index (χ1) is 15.9. The summed E-state index contributed by atoms with van der Waals surface area (Å²) in [6.45, 7) is 1.68. The summed E-state index contributed by atoms with van der Waals surface area (Å²) in [6, 6.07) is 23.1. The number of nitrogens with zero attached hydrogens (tertiary/aromatic N) is 2. The van der Waals surface area contributed by atoms with Gasteiger partial charge in [-0.25, -0.2) is 0 Å². The topological polar surface area (TPSA) is 52.6 Å². The smallest absolute Gasteiger partial charge is 0.246 e. The van der Waals surface area contributed by atoms with Crippen LogP contribution in [0.25, 0.3) is 0 Å². The number of rotatable bonds is 10. The van der Waals surface area contributed by atoms with Crippen LogP contribution in [-0.2, 0) is 4.79 Å². The SMILES string of the molecule is CN(C)CCCN(C)C(C(=O)Nc1ccc(Cl)cc1C(=O)c1ccccc1)c1ccccc1. The highest BCUT2D eigenvalue weighted by atomic mass is 35.5. The maximum Gasteiger partial charge on any atom is 0.246 e. The van der Waals surface area contributed by atoms with Crippen LogP contribution < -0.4 is 5.32 Å². The highest BCUT2D eigenvalue weighted by molar-refractivity contribution is 6.31. The van der Waals surface area contributed by atoms with Gasteiger partial charge >= 0.3 is 0 Å². The first-order valence-electron chi connectivity index (χ1n) is 11.0. The van der Waals surface area contributed by atoms with Gasteiger partial charge in [-0.3, -0.25) is 14.5 Å². The third-order valence-corrected chi connectivity index (χ3v) is 5.68. The van der Waals surface area contributed by atoms with Crippen molar-refractivity contribution < 1.29 is 9.59 Å². The van der Waals surface area contributed by atoms with Gasteiger partial charge in [-0.05, 0) is 57.9 Å². The summed E-state index contributed by atoms with van der Waals surface area (Å²) in [4.78, 5) is 30.9. The van der Waals surface area contributed by atoms with E-state index >= 15 is 0 Å². The molecule has 0 aliphatic carbocycles. The van der Waals surface area contributed by atoms with Crippen molar-refractivity contribution in [3.8, 4) is 0 Å². The maximum absolute atomic E-state index is 13.5. The molecule has 0 heterocycles. The number of likely N-dealkylation sites (N-methyl/N-ethyl adjacent to an activating group) is 1. The summed E-state index contributed by atoms with van der Waals surface area (Å²) in [5.74, 6) is -0.387. The van der Waals surface area contributed by atoms with Gasteiger partial charge < -0.3 is 10.2 Å². The Hall–Kier alpha value is -2.99. The van der Waals surface area contributed by atoms with Crippen LogP contribution >= 0.6 is 11.6 Å². The lowest BCUT2D eigenvalue weighted by atomic mass is 10.0. The van der Waals surface area contributed by atoms with Gasteiger partial charge in [0.15, 0.2) is 5.78 Å². The summed E-state index contributed by atoms with van der Waals surface area (Å²) in [5.41, 5.74) is 2.24. The average Bonchev–Trinajstić information content (AvgIpc) is 2.81. The number of anilines is 1. The monoisotopic (exact) mass is 463 g/mol. The van der Waals surface area contributed by atoms with Crippen molar-refractivity contribution in [2.75, 3.05) is 39.5 Å². The minimum absolute atomic E-state index is 0.191. The van der Waals surface area contributed by atoms with Crippen LogP contribution in [0.5, 0.6) is 0 Å². The Morgan fingerprint density at radius 3 is 2.15 bits per heavy atom. The number of hydrogen-bond donors (Lipinski definition) is 1. The Morgan fingerprint density at radius 1 is 0.879 bits per heavy atom. The highest BCUT2D eigenvalue weighted by Crippen LogP contribution is 2.27. The van der Waals surface area contributed by atoms with E-state index in [2.05, 4.69) is 10.2 Å². The van der Waals surface area contributed by atoms with Gasteiger partial charge in [-0.1, -0.05) is 72.3 Å². The summed E-state index contributed by atoms with van der Waals surface area (Å²) >= 11 is 6.20. The average molecular weight is 464 g/mol. The molecule has 1 N–H and O–H groups in total. The number of halogens is 1. The number of ketones is 1. The van der Waals surface area contributed by atoms with Gasteiger partial charge in [-0.15, -0.1) is 0 Å². The molecule has 0 aliphatic heterocycles. The Morgan fingerprint density at radius 2 is 1.52 bits per heavy atom. The number of carbonyl (C=O) groups is 2. The molecule has 172 valence electrons. The second-order valence-corrected chi connectivity index (χ2v) is 8.76. The Bertz CT molecular complexity index is 1070. The standard InChI is InChI=1S/C27H30ClN3O2/c1-30(2)17-10-18-31(3)25(20-11-6-4-7-12-20)27(33)29-24-16-15-22(28)19-23(24)26(32)21-13-8-5-9-14-21/h4-9,11-16,19,25H,10,17-18H2,1-3H3,(H,29,33). The van der Waals surface area contributed by atoms with Crippen LogP contribution in [-0.4, -0.2) is 55.7 Å². The van der Waals surface area contributed by atoms with E-state index in [4.69, 9.17) is 11.6 Å². The van der Waals surface area contributed by atoms with Crippen molar-refractivity contribution in [3.63, 3.8) is 0 Å². The molecule has 3 aromatic rings.